The molecule has 0 aliphatic heterocycles. The van der Waals surface area contributed by atoms with Crippen molar-refractivity contribution in [3.8, 4) is 0 Å². The van der Waals surface area contributed by atoms with E-state index in [-0.39, 0.29) is 21.1 Å². The van der Waals surface area contributed by atoms with Crippen molar-refractivity contribution in [2.45, 2.75) is 41.5 Å². The Hall–Kier alpha value is 0.469. The van der Waals surface area contributed by atoms with Crippen LogP contribution in [0.3, 0.4) is 0 Å². The molecule has 0 amide bonds. The second kappa shape index (κ2) is 9.47. The van der Waals surface area contributed by atoms with Crippen molar-refractivity contribution in [1.82, 2.24) is 0 Å². The molecule has 0 rings (SSSR count). The van der Waals surface area contributed by atoms with Gasteiger partial charge in [-0.15, -0.1) is 0 Å². The Morgan fingerprint density at radius 3 is 2.60 bits per heavy atom. The van der Waals surface area contributed by atoms with E-state index in [0.29, 0.717) is 0 Å². The third-order valence-corrected chi connectivity index (χ3v) is 5.42. The Kier molecular flexibility index (Phi) is 9.91. The second-order valence-electron chi connectivity index (χ2n) is 2.41. The molecule has 1 nitrogen and oxygen atoms in total. The van der Waals surface area contributed by atoms with E-state index in [9.17, 15) is 4.79 Å². The Bertz CT molecular complexity index is 73.7. The fourth-order valence-corrected chi connectivity index (χ4v) is 4.47. The van der Waals surface area contributed by atoms with Crippen molar-refractivity contribution < 1.29 is 4.79 Å². The number of carbonyl (C=O) groups is 1. The molecular formula is C8H16OSn+2. The van der Waals surface area contributed by atoms with Gasteiger partial charge in [-0.2, -0.15) is 0 Å². The van der Waals surface area contributed by atoms with Crippen molar-refractivity contribution >= 4 is 27.4 Å². The molecule has 10 heavy (non-hydrogen) atoms. The molecule has 2 heteroatoms. The van der Waals surface area contributed by atoms with Crippen LogP contribution in [0, 0.1) is 0 Å². The van der Waals surface area contributed by atoms with Crippen molar-refractivity contribution in [2.24, 2.45) is 0 Å². The summed E-state index contributed by atoms with van der Waals surface area (Å²) < 4.78 is 2.92. The monoisotopic (exact) mass is 248 g/mol. The summed E-state index contributed by atoms with van der Waals surface area (Å²) >= 11 is -0.0222. The molecule has 0 spiro atoms. The summed E-state index contributed by atoms with van der Waals surface area (Å²) in [5, 5.41) is 0. The van der Waals surface area contributed by atoms with Crippen LogP contribution in [0.1, 0.15) is 32.6 Å². The number of hydrogen-bond donors (Lipinski definition) is 0. The zero-order valence-electron chi connectivity index (χ0n) is 6.73. The third-order valence-electron chi connectivity index (χ3n) is 1.38. The zero-order chi connectivity index (χ0) is 7.66. The second-order valence-corrected chi connectivity index (χ2v) is 6.69. The van der Waals surface area contributed by atoms with Crippen molar-refractivity contribution in [3.63, 3.8) is 0 Å². The van der Waals surface area contributed by atoms with Gasteiger partial charge in [0.1, 0.15) is 0 Å². The molecule has 0 aromatic heterocycles. The first kappa shape index (κ1) is 10.5. The van der Waals surface area contributed by atoms with Gasteiger partial charge in [0, 0.05) is 0 Å². The molecule has 0 heterocycles. The maximum absolute atomic E-state index is 9.91. The molecule has 0 radical (unpaired) electrons. The van der Waals surface area contributed by atoms with Gasteiger partial charge in [0.25, 0.3) is 0 Å². The number of unbranched alkanes of at least 4 members (excludes halogenated alkanes) is 2. The number of aldehydes is 1. The predicted octanol–water partition coefficient (Wildman–Crippen LogP) is 2.31. The van der Waals surface area contributed by atoms with E-state index in [1.54, 1.807) is 0 Å². The van der Waals surface area contributed by atoms with Crippen molar-refractivity contribution in [3.05, 3.63) is 0 Å². The molecular weight excluding hydrogens is 231 g/mol. The number of rotatable bonds is 7. The van der Waals surface area contributed by atoms with Gasteiger partial charge in [-0.05, 0) is 0 Å². The molecule has 0 saturated carbocycles. The molecule has 0 bridgehead atoms. The van der Waals surface area contributed by atoms with Crippen LogP contribution in [0.2, 0.25) is 8.87 Å². The van der Waals surface area contributed by atoms with E-state index in [1.165, 1.54) is 28.1 Å². The van der Waals surface area contributed by atoms with E-state index in [1.807, 2.05) is 0 Å². The third kappa shape index (κ3) is 8.47. The first-order valence-corrected chi connectivity index (χ1v) is 8.09. The molecule has 0 atom stereocenters. The van der Waals surface area contributed by atoms with Crippen LogP contribution >= 0.6 is 0 Å². The quantitative estimate of drug-likeness (QED) is 0.383. The SMILES string of the molecule is CCC[CH2][Sn+2][CH2]CCC=O. The minimum absolute atomic E-state index is 0.0222. The van der Waals surface area contributed by atoms with Gasteiger partial charge in [-0.3, -0.25) is 0 Å². The van der Waals surface area contributed by atoms with E-state index >= 15 is 0 Å². The molecule has 0 N–H and O–H groups in total. The predicted molar refractivity (Wildman–Crippen MR) is 45.6 cm³/mol. The molecule has 0 unspecified atom stereocenters. The molecule has 0 aromatic rings. The van der Waals surface area contributed by atoms with Crippen LogP contribution < -0.4 is 0 Å². The average molecular weight is 247 g/mol. The first-order chi connectivity index (χ1) is 4.91. The Labute approximate surface area is 73.8 Å². The average Bonchev–Trinajstić information content (AvgIpc) is 1.97. The zero-order valence-corrected chi connectivity index (χ0v) is 9.58. The van der Waals surface area contributed by atoms with E-state index in [2.05, 4.69) is 6.92 Å². The van der Waals surface area contributed by atoms with Crippen LogP contribution in [0.4, 0.5) is 0 Å². The van der Waals surface area contributed by atoms with Gasteiger partial charge in [0.05, 0.1) is 0 Å². The van der Waals surface area contributed by atoms with Gasteiger partial charge < -0.3 is 0 Å². The number of hydrogen-bond acceptors (Lipinski definition) is 1. The van der Waals surface area contributed by atoms with Gasteiger partial charge in [0.15, 0.2) is 0 Å². The topological polar surface area (TPSA) is 17.1 Å². The summed E-state index contributed by atoms with van der Waals surface area (Å²) in [6.45, 7) is 2.24. The summed E-state index contributed by atoms with van der Waals surface area (Å²) in [6, 6.07) is 0. The summed E-state index contributed by atoms with van der Waals surface area (Å²) in [5.74, 6) is 0. The van der Waals surface area contributed by atoms with Crippen LogP contribution in [-0.2, 0) is 4.79 Å². The fourth-order valence-electron chi connectivity index (χ4n) is 0.737. The van der Waals surface area contributed by atoms with Gasteiger partial charge in [0.2, 0.25) is 0 Å². The molecule has 0 saturated heterocycles. The Morgan fingerprint density at radius 1 is 1.30 bits per heavy atom. The van der Waals surface area contributed by atoms with Crippen LogP contribution in [-0.4, -0.2) is 27.4 Å². The summed E-state index contributed by atoms with van der Waals surface area (Å²) in [6.07, 6.45) is 5.77. The van der Waals surface area contributed by atoms with Gasteiger partial charge in [-0.25, -0.2) is 0 Å². The normalized spacial score (nSPS) is 8.90. The molecule has 56 valence electrons. The Morgan fingerprint density at radius 2 is 2.00 bits per heavy atom. The summed E-state index contributed by atoms with van der Waals surface area (Å²) in [5.41, 5.74) is 0. The molecule has 0 aliphatic carbocycles. The standard InChI is InChI=1S/C4H7O.C4H9.Sn/c1-2-3-4-5;1-3-4-2;/h4H,1-3H2;1,3-4H2,2H3;/q;;+2. The summed E-state index contributed by atoms with van der Waals surface area (Å²) in [4.78, 5) is 9.91. The first-order valence-electron chi connectivity index (χ1n) is 4.06. The van der Waals surface area contributed by atoms with Crippen LogP contribution in [0.15, 0.2) is 0 Å². The minimum atomic E-state index is -0.0222. The van der Waals surface area contributed by atoms with Crippen LogP contribution in [0.25, 0.3) is 0 Å². The summed E-state index contributed by atoms with van der Waals surface area (Å²) in [7, 11) is 0. The van der Waals surface area contributed by atoms with E-state index < -0.39 is 0 Å². The molecule has 0 aromatic carbocycles. The maximum atomic E-state index is 9.91. The Balaban J connectivity index is 2.70. The van der Waals surface area contributed by atoms with Crippen molar-refractivity contribution in [1.29, 1.82) is 0 Å². The fraction of sp³-hybridized carbons (Fsp3) is 0.875. The van der Waals surface area contributed by atoms with Gasteiger partial charge in [-0.1, -0.05) is 0 Å². The van der Waals surface area contributed by atoms with Crippen molar-refractivity contribution in [2.75, 3.05) is 0 Å². The van der Waals surface area contributed by atoms with Gasteiger partial charge >= 0.3 is 73.7 Å². The number of carbonyl (C=O) groups excluding carboxylic acids is 1. The van der Waals surface area contributed by atoms with E-state index in [0.717, 1.165) is 12.7 Å². The molecule has 0 aliphatic rings. The van der Waals surface area contributed by atoms with Crippen LogP contribution in [0.5, 0.6) is 0 Å². The van der Waals surface area contributed by atoms with E-state index in [4.69, 9.17) is 0 Å². The molecule has 0 fully saturated rings.